The van der Waals surface area contributed by atoms with E-state index in [1.54, 1.807) is 31.0 Å². The van der Waals surface area contributed by atoms with Crippen LogP contribution in [0.4, 0.5) is 0 Å². The van der Waals surface area contributed by atoms with Gasteiger partial charge < -0.3 is 24.4 Å². The lowest BCUT2D eigenvalue weighted by atomic mass is 10.0. The molecule has 0 fully saturated rings. The molecule has 0 radical (unpaired) electrons. The SMILES string of the molecule is COc1cc([C@@H](CCn2cc3cccc(C(=O)O)c3n2)O[C@@H](O)Cc2ccccc2)cc(OC)c1C. The number of aromatic nitrogens is 2. The van der Waals surface area contributed by atoms with Crippen molar-refractivity contribution in [3.8, 4) is 11.5 Å². The highest BCUT2D eigenvalue weighted by molar-refractivity contribution is 6.01. The summed E-state index contributed by atoms with van der Waals surface area (Å²) in [5, 5.41) is 25.5. The Morgan fingerprint density at radius 2 is 1.72 bits per heavy atom. The van der Waals surface area contributed by atoms with E-state index in [-0.39, 0.29) is 5.56 Å². The standard InChI is InChI=1S/C28H30N2O6/c1-18-24(34-2)15-21(16-25(18)35-3)23(36-26(31)14-19-8-5-4-6-9-19)12-13-30-17-20-10-7-11-22(28(32)33)27(20)29-30/h4-11,15-17,23,26,31H,12-14H2,1-3H3,(H,32,33)/t23-,26-/m1/s1. The van der Waals surface area contributed by atoms with Crippen molar-refractivity contribution in [3.63, 3.8) is 0 Å². The van der Waals surface area contributed by atoms with Crippen molar-refractivity contribution in [1.29, 1.82) is 0 Å². The van der Waals surface area contributed by atoms with E-state index in [0.717, 1.165) is 22.1 Å². The first-order chi connectivity index (χ1) is 17.4. The molecule has 3 aromatic carbocycles. The fourth-order valence-corrected chi connectivity index (χ4v) is 4.29. The van der Waals surface area contributed by atoms with Gasteiger partial charge in [0.2, 0.25) is 0 Å². The van der Waals surface area contributed by atoms with Crippen LogP contribution in [0.2, 0.25) is 0 Å². The Kier molecular flexibility index (Phi) is 7.87. The molecule has 1 aromatic heterocycles. The Morgan fingerprint density at radius 1 is 1.03 bits per heavy atom. The Hall–Kier alpha value is -3.88. The number of rotatable bonds is 11. The van der Waals surface area contributed by atoms with E-state index in [0.29, 0.717) is 36.4 Å². The molecule has 188 valence electrons. The average Bonchev–Trinajstić information content (AvgIpc) is 3.30. The number of ether oxygens (including phenoxy) is 3. The minimum absolute atomic E-state index is 0.158. The summed E-state index contributed by atoms with van der Waals surface area (Å²) in [5.74, 6) is 0.299. The Bertz CT molecular complexity index is 1310. The van der Waals surface area contributed by atoms with Crippen LogP contribution in [-0.4, -0.2) is 46.5 Å². The van der Waals surface area contributed by atoms with Gasteiger partial charge in [0.1, 0.15) is 17.0 Å². The zero-order valence-corrected chi connectivity index (χ0v) is 20.5. The van der Waals surface area contributed by atoms with Gasteiger partial charge in [0.05, 0.1) is 25.9 Å². The van der Waals surface area contributed by atoms with E-state index in [1.165, 1.54) is 0 Å². The second kappa shape index (κ2) is 11.2. The molecule has 0 saturated carbocycles. The molecule has 1 heterocycles. The van der Waals surface area contributed by atoms with Gasteiger partial charge in [0.15, 0.2) is 6.29 Å². The van der Waals surface area contributed by atoms with Crippen LogP contribution in [0.5, 0.6) is 11.5 Å². The summed E-state index contributed by atoms with van der Waals surface area (Å²) in [4.78, 5) is 11.6. The first-order valence-corrected chi connectivity index (χ1v) is 11.7. The lowest BCUT2D eigenvalue weighted by Gasteiger charge is -2.24. The Labute approximate surface area is 209 Å². The molecule has 8 heteroatoms. The first kappa shape index (κ1) is 25.2. The summed E-state index contributed by atoms with van der Waals surface area (Å²) in [5.41, 5.74) is 3.22. The number of fused-ring (bicyclic) bond motifs is 1. The normalized spacial score (nSPS) is 12.9. The van der Waals surface area contributed by atoms with Crippen LogP contribution in [0.15, 0.2) is 66.9 Å². The summed E-state index contributed by atoms with van der Waals surface area (Å²) >= 11 is 0. The molecular formula is C28H30N2O6. The third-order valence-electron chi connectivity index (χ3n) is 6.16. The summed E-state index contributed by atoms with van der Waals surface area (Å²) < 4.78 is 18.9. The topological polar surface area (TPSA) is 103 Å². The number of carboxylic acids is 1. The highest BCUT2D eigenvalue weighted by atomic mass is 16.6. The van der Waals surface area contributed by atoms with Crippen LogP contribution >= 0.6 is 0 Å². The van der Waals surface area contributed by atoms with Crippen LogP contribution in [-0.2, 0) is 17.7 Å². The van der Waals surface area contributed by atoms with Crippen molar-refractivity contribution in [3.05, 3.63) is 89.1 Å². The van der Waals surface area contributed by atoms with E-state index in [2.05, 4.69) is 5.10 Å². The molecule has 0 spiro atoms. The maximum atomic E-state index is 11.6. The van der Waals surface area contributed by atoms with Gasteiger partial charge in [-0.25, -0.2) is 4.79 Å². The number of aryl methyl sites for hydroxylation is 1. The lowest BCUT2D eigenvalue weighted by Crippen LogP contribution is -2.20. The van der Waals surface area contributed by atoms with E-state index in [4.69, 9.17) is 14.2 Å². The van der Waals surface area contributed by atoms with Crippen LogP contribution in [0.1, 0.15) is 39.6 Å². The minimum atomic E-state index is -1.04. The number of hydrogen-bond donors (Lipinski definition) is 2. The summed E-state index contributed by atoms with van der Waals surface area (Å²) in [6.07, 6.45) is 1.09. The molecule has 8 nitrogen and oxygen atoms in total. The van der Waals surface area contributed by atoms with Crippen LogP contribution in [0.25, 0.3) is 10.9 Å². The predicted octanol–water partition coefficient (Wildman–Crippen LogP) is 4.77. The smallest absolute Gasteiger partial charge is 0.337 e. The van der Waals surface area contributed by atoms with Gasteiger partial charge in [0.25, 0.3) is 0 Å². The van der Waals surface area contributed by atoms with Crippen molar-refractivity contribution >= 4 is 16.9 Å². The highest BCUT2D eigenvalue weighted by Crippen LogP contribution is 2.35. The molecule has 0 saturated heterocycles. The fraction of sp³-hybridized carbons (Fsp3) is 0.286. The van der Waals surface area contributed by atoms with Crippen LogP contribution < -0.4 is 9.47 Å². The molecule has 4 aromatic rings. The van der Waals surface area contributed by atoms with Crippen molar-refractivity contribution in [1.82, 2.24) is 9.78 Å². The molecule has 0 bridgehead atoms. The molecule has 0 unspecified atom stereocenters. The molecular weight excluding hydrogens is 460 g/mol. The third kappa shape index (κ3) is 5.67. The number of benzene rings is 3. The molecule has 2 atom stereocenters. The van der Waals surface area contributed by atoms with Gasteiger partial charge in [-0.05, 0) is 42.7 Å². The van der Waals surface area contributed by atoms with Crippen LogP contribution in [0, 0.1) is 6.92 Å². The monoisotopic (exact) mass is 490 g/mol. The second-order valence-corrected chi connectivity index (χ2v) is 8.55. The lowest BCUT2D eigenvalue weighted by molar-refractivity contribution is -0.139. The van der Waals surface area contributed by atoms with Gasteiger partial charge in [-0.2, -0.15) is 5.10 Å². The Balaban J connectivity index is 1.61. The zero-order valence-electron chi connectivity index (χ0n) is 20.5. The van der Waals surface area contributed by atoms with E-state index in [9.17, 15) is 15.0 Å². The van der Waals surface area contributed by atoms with Crippen LogP contribution in [0.3, 0.4) is 0 Å². The van der Waals surface area contributed by atoms with E-state index >= 15 is 0 Å². The second-order valence-electron chi connectivity index (χ2n) is 8.55. The molecule has 0 aliphatic heterocycles. The number of methoxy groups -OCH3 is 2. The molecule has 36 heavy (non-hydrogen) atoms. The molecule has 0 aliphatic rings. The number of hydrogen-bond acceptors (Lipinski definition) is 6. The fourth-order valence-electron chi connectivity index (χ4n) is 4.29. The first-order valence-electron chi connectivity index (χ1n) is 11.7. The third-order valence-corrected chi connectivity index (χ3v) is 6.16. The van der Waals surface area contributed by atoms with Gasteiger partial charge in [-0.15, -0.1) is 0 Å². The van der Waals surface area contributed by atoms with Crippen molar-refractivity contribution < 1.29 is 29.2 Å². The highest BCUT2D eigenvalue weighted by Gasteiger charge is 2.21. The maximum absolute atomic E-state index is 11.6. The number of carbonyl (C=O) groups is 1. The van der Waals surface area contributed by atoms with E-state index in [1.807, 2.05) is 61.7 Å². The van der Waals surface area contributed by atoms with Gasteiger partial charge in [-0.3, -0.25) is 4.68 Å². The van der Waals surface area contributed by atoms with Gasteiger partial charge in [-0.1, -0.05) is 42.5 Å². The quantitative estimate of drug-likeness (QED) is 0.292. The molecule has 0 amide bonds. The number of aliphatic hydroxyl groups excluding tert-OH is 1. The molecule has 0 aliphatic carbocycles. The zero-order chi connectivity index (χ0) is 25.7. The predicted molar refractivity (Wildman–Crippen MR) is 136 cm³/mol. The van der Waals surface area contributed by atoms with Gasteiger partial charge in [0, 0.05) is 30.1 Å². The van der Waals surface area contributed by atoms with Gasteiger partial charge >= 0.3 is 5.97 Å². The Morgan fingerprint density at radius 3 is 2.36 bits per heavy atom. The van der Waals surface area contributed by atoms with E-state index < -0.39 is 18.4 Å². The number of nitrogens with zero attached hydrogens (tertiary/aromatic N) is 2. The summed E-state index contributed by atoms with van der Waals surface area (Å²) in [6, 6.07) is 18.5. The number of carboxylic acid groups (broad SMARTS) is 1. The number of aliphatic hydroxyl groups is 1. The largest absolute Gasteiger partial charge is 0.496 e. The van der Waals surface area contributed by atoms with Crippen molar-refractivity contribution in [2.24, 2.45) is 0 Å². The van der Waals surface area contributed by atoms with Crippen molar-refractivity contribution in [2.45, 2.75) is 38.7 Å². The summed E-state index contributed by atoms with van der Waals surface area (Å²) in [7, 11) is 3.20. The molecule has 4 rings (SSSR count). The molecule has 2 N–H and O–H groups in total. The average molecular weight is 491 g/mol. The van der Waals surface area contributed by atoms with Crippen molar-refractivity contribution in [2.75, 3.05) is 14.2 Å². The summed E-state index contributed by atoms with van der Waals surface area (Å²) in [6.45, 7) is 2.35. The maximum Gasteiger partial charge on any atom is 0.337 e. The minimum Gasteiger partial charge on any atom is -0.496 e. The number of aromatic carboxylic acids is 1.